The largest absolute Gasteiger partial charge is 0.370 e. The number of nitrogens with one attached hydrogen (secondary N) is 4. The third-order valence-corrected chi connectivity index (χ3v) is 12.1. The average molecular weight is 856 g/mol. The van der Waals surface area contributed by atoms with Crippen LogP contribution in [-0.2, 0) is 38.4 Å². The first-order valence-corrected chi connectivity index (χ1v) is 21.5. The van der Waals surface area contributed by atoms with Crippen LogP contribution in [0, 0.1) is 0 Å². The van der Waals surface area contributed by atoms with E-state index in [4.69, 9.17) is 40.1 Å². The van der Waals surface area contributed by atoms with Gasteiger partial charge in [-0.1, -0.05) is 21.6 Å². The van der Waals surface area contributed by atoms with E-state index in [1.165, 1.54) is 9.80 Å². The number of carbonyl (C=O) groups is 8. The molecule has 0 radical (unpaired) electrons. The van der Waals surface area contributed by atoms with Crippen molar-refractivity contribution in [2.45, 2.75) is 107 Å². The summed E-state index contributed by atoms with van der Waals surface area (Å²) in [7, 11) is 2.18. The number of rotatable bonds is 12. The molecule has 8 amide bonds. The van der Waals surface area contributed by atoms with Crippen LogP contribution < -0.4 is 61.4 Å². The van der Waals surface area contributed by atoms with Gasteiger partial charge < -0.3 is 71.2 Å². The second kappa shape index (κ2) is 23.4. The number of aliphatic imine (C=N–C) groups is 2. The zero-order valence-electron chi connectivity index (χ0n) is 32.3. The molecule has 0 spiro atoms. The minimum absolute atomic E-state index is 0.0161. The van der Waals surface area contributed by atoms with Gasteiger partial charge in [0.05, 0.1) is 6.04 Å². The predicted octanol–water partition coefficient (Wildman–Crippen LogP) is -5.51. The third kappa shape index (κ3) is 14.7. The molecule has 0 aromatic carbocycles. The number of primary amides is 2. The highest BCUT2D eigenvalue weighted by Crippen LogP contribution is 2.27. The lowest BCUT2D eigenvalue weighted by molar-refractivity contribution is -0.148. The molecule has 0 bridgehead atoms. The molecule has 3 fully saturated rings. The topological polar surface area (TPSA) is 398 Å². The number of hydrogen-bond acceptors (Lipinski definition) is 13. The second-order valence-electron chi connectivity index (χ2n) is 14.1. The van der Waals surface area contributed by atoms with Gasteiger partial charge in [-0.2, -0.15) is 0 Å². The number of fused-ring (bicyclic) bond motifs is 2. The molecule has 0 aliphatic carbocycles. The fraction of sp³-hybridized carbons (Fsp3) is 0.697. The van der Waals surface area contributed by atoms with E-state index in [1.807, 2.05) is 0 Å². The summed E-state index contributed by atoms with van der Waals surface area (Å²) in [5.41, 5.74) is 38.9. The number of nitrogens with zero attached hydrogens (tertiary/aromatic N) is 4. The van der Waals surface area contributed by atoms with Crippen molar-refractivity contribution in [1.29, 1.82) is 0 Å². The molecular weight excluding hydrogens is 799 g/mol. The lowest BCUT2D eigenvalue weighted by atomic mass is 10.1. The SMILES string of the molecule is NC(=O)CC[C@@H]1NC(=O)[C@@H](N)CSSC[C@@H](C(N)=O)NC(=O)[C@H](CCCN=C(N)N)NC(=O)[C@@H]2CCCN2C(=O)[C@@H]2CCCN2C(=O)[C@H](CCCN=C(N)N)NC1=O. The van der Waals surface area contributed by atoms with Crippen molar-refractivity contribution in [3.63, 3.8) is 0 Å². The van der Waals surface area contributed by atoms with E-state index in [0.29, 0.717) is 12.8 Å². The molecule has 324 valence electrons. The van der Waals surface area contributed by atoms with Crippen molar-refractivity contribution in [2.75, 3.05) is 37.7 Å². The maximum Gasteiger partial charge on any atom is 0.246 e. The summed E-state index contributed by atoms with van der Waals surface area (Å²) in [6.45, 7) is 0.640. The molecule has 3 heterocycles. The van der Waals surface area contributed by atoms with Crippen molar-refractivity contribution in [3.8, 4) is 0 Å². The number of hydrogen-bond donors (Lipinski definition) is 11. The molecule has 18 N–H and O–H groups in total. The molecule has 3 rings (SSSR count). The molecule has 25 heteroatoms. The Balaban J connectivity index is 2.00. The van der Waals surface area contributed by atoms with E-state index < -0.39 is 89.6 Å². The average Bonchev–Trinajstić information content (AvgIpc) is 3.86. The van der Waals surface area contributed by atoms with Crippen LogP contribution in [0.2, 0.25) is 0 Å². The Labute approximate surface area is 343 Å². The summed E-state index contributed by atoms with van der Waals surface area (Å²) >= 11 is 0. The molecule has 0 unspecified atom stereocenters. The number of nitrogens with two attached hydrogens (primary N) is 7. The molecule has 0 aromatic heterocycles. The van der Waals surface area contributed by atoms with E-state index in [-0.39, 0.29) is 101 Å². The Morgan fingerprint density at radius 2 is 1.12 bits per heavy atom. The van der Waals surface area contributed by atoms with Crippen LogP contribution in [0.1, 0.15) is 64.2 Å². The van der Waals surface area contributed by atoms with Crippen LogP contribution in [0.15, 0.2) is 9.98 Å². The molecule has 3 aliphatic heterocycles. The Morgan fingerprint density at radius 1 is 0.621 bits per heavy atom. The molecule has 7 atom stereocenters. The van der Waals surface area contributed by atoms with Gasteiger partial charge in [-0.15, -0.1) is 0 Å². The van der Waals surface area contributed by atoms with Crippen molar-refractivity contribution < 1.29 is 38.4 Å². The Morgan fingerprint density at radius 3 is 1.71 bits per heavy atom. The van der Waals surface area contributed by atoms with Gasteiger partial charge in [0.2, 0.25) is 47.3 Å². The van der Waals surface area contributed by atoms with E-state index in [9.17, 15) is 38.4 Å². The van der Waals surface area contributed by atoms with Gasteiger partial charge in [-0.3, -0.25) is 48.3 Å². The van der Waals surface area contributed by atoms with E-state index >= 15 is 0 Å². The highest BCUT2D eigenvalue weighted by molar-refractivity contribution is 8.76. The summed E-state index contributed by atoms with van der Waals surface area (Å²) < 4.78 is 0. The third-order valence-electron chi connectivity index (χ3n) is 9.67. The normalized spacial score (nSPS) is 26.9. The summed E-state index contributed by atoms with van der Waals surface area (Å²) in [6, 6.07) is -8.05. The van der Waals surface area contributed by atoms with Crippen LogP contribution in [-0.4, -0.2) is 149 Å². The zero-order valence-corrected chi connectivity index (χ0v) is 33.9. The van der Waals surface area contributed by atoms with E-state index in [2.05, 4.69) is 31.3 Å². The molecule has 58 heavy (non-hydrogen) atoms. The van der Waals surface area contributed by atoms with E-state index in [0.717, 1.165) is 21.6 Å². The standard InChI is InChI=1S/C33H57N15O8S2/c34-17-15-57-58-16-21(25(36)50)46-27(52)18(5-1-11-41-32(37)38)44-29(54)22-7-3-13-47(22)31(56)23-8-4-14-48(23)30(55)20(6-2-12-42-33(39)40)45-28(53)19(43-26(17)51)9-10-24(35)49/h17-23H,1-16,34H2,(H2,35,49)(H2,36,50)(H,43,51)(H,44,54)(H,45,53)(H,46,52)(H4,37,38,41)(H4,39,40,42)/t17-,18-,19-,20-,21-,22-,23-/m0/s1. The summed E-state index contributed by atoms with van der Waals surface area (Å²) in [5.74, 6) is -5.93. The number of guanidine groups is 2. The van der Waals surface area contributed by atoms with Crippen LogP contribution >= 0.6 is 21.6 Å². The zero-order chi connectivity index (χ0) is 42.9. The fourth-order valence-electron chi connectivity index (χ4n) is 6.67. The maximum absolute atomic E-state index is 14.3. The minimum Gasteiger partial charge on any atom is -0.370 e. The van der Waals surface area contributed by atoms with Gasteiger partial charge in [0.15, 0.2) is 11.9 Å². The Kier molecular flexibility index (Phi) is 19.1. The summed E-state index contributed by atoms with van der Waals surface area (Å²) in [5, 5.41) is 10.5. The van der Waals surface area contributed by atoms with Gasteiger partial charge in [0.25, 0.3) is 0 Å². The van der Waals surface area contributed by atoms with Crippen LogP contribution in [0.4, 0.5) is 0 Å². The maximum atomic E-state index is 14.3. The molecule has 3 saturated heterocycles. The minimum atomic E-state index is -1.33. The first-order valence-electron chi connectivity index (χ1n) is 19.0. The number of amides is 8. The lowest BCUT2D eigenvalue weighted by Gasteiger charge is -2.33. The van der Waals surface area contributed by atoms with Crippen molar-refractivity contribution >= 4 is 80.8 Å². The van der Waals surface area contributed by atoms with Gasteiger partial charge >= 0.3 is 0 Å². The van der Waals surface area contributed by atoms with Crippen LogP contribution in [0.25, 0.3) is 0 Å². The monoisotopic (exact) mass is 855 g/mol. The molecule has 0 saturated carbocycles. The van der Waals surface area contributed by atoms with E-state index in [1.54, 1.807) is 0 Å². The highest BCUT2D eigenvalue weighted by atomic mass is 33.1. The fourth-order valence-corrected chi connectivity index (χ4v) is 8.97. The molecule has 3 aliphatic rings. The number of carbonyl (C=O) groups excluding carboxylic acids is 8. The summed E-state index contributed by atoms with van der Waals surface area (Å²) in [4.78, 5) is 118. The second-order valence-corrected chi connectivity index (χ2v) is 16.7. The predicted molar refractivity (Wildman–Crippen MR) is 218 cm³/mol. The van der Waals surface area contributed by atoms with Crippen molar-refractivity contribution in [2.24, 2.45) is 50.1 Å². The molecular formula is C33H57N15O8S2. The first kappa shape index (κ1) is 47.3. The lowest BCUT2D eigenvalue weighted by Crippen LogP contribution is -2.59. The molecule has 0 aromatic rings. The van der Waals surface area contributed by atoms with Gasteiger partial charge in [-0.25, -0.2) is 0 Å². The van der Waals surface area contributed by atoms with Crippen LogP contribution in [0.5, 0.6) is 0 Å². The van der Waals surface area contributed by atoms with Crippen molar-refractivity contribution in [1.82, 2.24) is 31.1 Å². The first-order chi connectivity index (χ1) is 27.5. The van der Waals surface area contributed by atoms with Gasteiger partial charge in [-0.05, 0) is 57.8 Å². The Hall–Kier alpha value is -5.04. The highest BCUT2D eigenvalue weighted by Gasteiger charge is 2.44. The van der Waals surface area contributed by atoms with Crippen LogP contribution in [0.3, 0.4) is 0 Å². The van der Waals surface area contributed by atoms with Crippen molar-refractivity contribution in [3.05, 3.63) is 0 Å². The smallest absolute Gasteiger partial charge is 0.246 e. The van der Waals surface area contributed by atoms with Gasteiger partial charge in [0, 0.05) is 44.1 Å². The summed E-state index contributed by atoms with van der Waals surface area (Å²) in [6.07, 6.45) is 1.58. The van der Waals surface area contributed by atoms with Gasteiger partial charge in [0.1, 0.15) is 36.3 Å². The molecule has 23 nitrogen and oxygen atoms in total. The Bertz CT molecular complexity index is 1580. The quantitative estimate of drug-likeness (QED) is 0.0378.